The zero-order valence-corrected chi connectivity index (χ0v) is 20.6. The average Bonchev–Trinajstić information content (AvgIpc) is 3.46. The van der Waals surface area contributed by atoms with Crippen molar-refractivity contribution in [2.75, 3.05) is 7.11 Å². The molecule has 0 fully saturated rings. The van der Waals surface area contributed by atoms with Crippen LogP contribution < -0.4 is 19.6 Å². The van der Waals surface area contributed by atoms with Crippen LogP contribution in [0.3, 0.4) is 0 Å². The van der Waals surface area contributed by atoms with Crippen LogP contribution in [0.5, 0.6) is 5.75 Å². The molecule has 2 aromatic heterocycles. The highest BCUT2D eigenvalue weighted by atomic mass is 35.5. The molecule has 8 nitrogen and oxygen atoms in total. The van der Waals surface area contributed by atoms with Gasteiger partial charge in [0.25, 0.3) is 5.56 Å². The first-order chi connectivity index (χ1) is 17.2. The summed E-state index contributed by atoms with van der Waals surface area (Å²) in [5.74, 6) is -0.310. The molecule has 1 aliphatic rings. The fourth-order valence-electron chi connectivity index (χ4n) is 3.74. The molecule has 12 heteroatoms. The minimum atomic E-state index is -0.663. The lowest BCUT2D eigenvalue weighted by Crippen LogP contribution is -2.36. The molecule has 36 heavy (non-hydrogen) atoms. The molecule has 0 saturated heterocycles. The van der Waals surface area contributed by atoms with Gasteiger partial charge in [-0.2, -0.15) is 0 Å². The summed E-state index contributed by atoms with van der Waals surface area (Å²) in [6.07, 6.45) is 3.12. The fourth-order valence-corrected chi connectivity index (χ4v) is 5.21. The van der Waals surface area contributed by atoms with Gasteiger partial charge in [0.1, 0.15) is 22.3 Å². The van der Waals surface area contributed by atoms with Crippen LogP contribution in [-0.2, 0) is 0 Å². The fraction of sp³-hybridized carbons (Fsp3) is 0.0833. The molecule has 0 radical (unpaired) electrons. The van der Waals surface area contributed by atoms with E-state index in [0.717, 1.165) is 16.9 Å². The molecule has 3 heterocycles. The number of hydrogen-bond acceptors (Lipinski definition) is 7. The smallest absolute Gasteiger partial charge is 0.433 e. The number of allylic oxidation sites excluding steroid dienone is 1. The Bertz CT molecular complexity index is 1720. The maximum absolute atomic E-state index is 14.3. The van der Waals surface area contributed by atoms with Gasteiger partial charge in [0.2, 0.25) is 0 Å². The molecule has 2 aromatic carbocycles. The number of hydrogen-bond donors (Lipinski definition) is 0. The first-order valence-electron chi connectivity index (χ1n) is 10.3. The summed E-state index contributed by atoms with van der Waals surface area (Å²) < 4.78 is 26.4. The number of fused-ring (bicyclic) bond motifs is 1. The van der Waals surface area contributed by atoms with Crippen molar-refractivity contribution in [3.63, 3.8) is 0 Å². The van der Waals surface area contributed by atoms with Gasteiger partial charge < -0.3 is 9.15 Å². The molecule has 0 spiro atoms. The van der Waals surface area contributed by atoms with Gasteiger partial charge >= 0.3 is 5.88 Å². The average molecular weight is 546 g/mol. The Balaban J connectivity index is 1.72. The first kappa shape index (κ1) is 24.0. The Kier molecular flexibility index (Phi) is 6.25. The van der Waals surface area contributed by atoms with Gasteiger partial charge in [-0.1, -0.05) is 46.7 Å². The number of nitro groups is 1. The van der Waals surface area contributed by atoms with Crippen molar-refractivity contribution < 1.29 is 18.5 Å². The predicted octanol–water partition coefficient (Wildman–Crippen LogP) is 4.96. The molecule has 182 valence electrons. The van der Waals surface area contributed by atoms with E-state index in [2.05, 4.69) is 4.99 Å². The lowest BCUT2D eigenvalue weighted by molar-refractivity contribution is -0.402. The highest BCUT2D eigenvalue weighted by molar-refractivity contribution is 7.07. The van der Waals surface area contributed by atoms with Crippen molar-refractivity contribution in [3.05, 3.63) is 117 Å². The first-order valence-corrected chi connectivity index (χ1v) is 11.9. The Morgan fingerprint density at radius 3 is 2.61 bits per heavy atom. The third kappa shape index (κ3) is 4.34. The second kappa shape index (κ2) is 9.38. The van der Waals surface area contributed by atoms with Gasteiger partial charge in [-0.25, -0.2) is 9.38 Å². The molecule has 1 unspecified atom stereocenters. The van der Waals surface area contributed by atoms with Gasteiger partial charge in [0, 0.05) is 11.6 Å². The largest absolute Gasteiger partial charge is 0.497 e. The summed E-state index contributed by atoms with van der Waals surface area (Å²) in [7, 11) is 1.55. The van der Waals surface area contributed by atoms with E-state index in [1.807, 2.05) is 0 Å². The molecular formula is C24H14Cl2FN3O5S. The highest BCUT2D eigenvalue weighted by Gasteiger charge is 2.24. The number of methoxy groups -OCH3 is 1. The van der Waals surface area contributed by atoms with E-state index in [1.54, 1.807) is 37.5 Å². The summed E-state index contributed by atoms with van der Waals surface area (Å²) in [5, 5.41) is 11.0. The van der Waals surface area contributed by atoms with E-state index in [9.17, 15) is 19.3 Å². The number of ether oxygens (including phenoxy) is 1. The van der Waals surface area contributed by atoms with Crippen LogP contribution in [0.15, 0.2) is 68.8 Å². The molecular weight excluding hydrogens is 532 g/mol. The second-order valence-electron chi connectivity index (χ2n) is 7.63. The van der Waals surface area contributed by atoms with E-state index in [0.29, 0.717) is 21.8 Å². The molecule has 5 rings (SSSR count). The van der Waals surface area contributed by atoms with Crippen molar-refractivity contribution in [2.45, 2.75) is 6.04 Å². The van der Waals surface area contributed by atoms with E-state index in [-0.39, 0.29) is 25.9 Å². The normalized spacial score (nSPS) is 15.3. The molecule has 0 aliphatic carbocycles. The number of rotatable bonds is 5. The standard InChI is InChI=1S/C24H14Cl2FN3O5S/c1-34-13-4-2-12(3-5-13)20-11-19(15-9-18(27)17(26)10-16(15)25)28-24-29(20)23(31)21(36-24)8-14-6-7-22(35-14)30(32)33/h2-11,20H,1H3/b21-8-. The Morgan fingerprint density at radius 1 is 1.19 bits per heavy atom. The van der Waals surface area contributed by atoms with Crippen molar-refractivity contribution in [2.24, 2.45) is 4.99 Å². The number of aromatic nitrogens is 1. The molecule has 0 saturated carbocycles. The number of nitrogens with zero attached hydrogens (tertiary/aromatic N) is 3. The minimum Gasteiger partial charge on any atom is -0.497 e. The van der Waals surface area contributed by atoms with E-state index < -0.39 is 22.7 Å². The van der Waals surface area contributed by atoms with Crippen LogP contribution in [0.1, 0.15) is 22.9 Å². The van der Waals surface area contributed by atoms with E-state index >= 15 is 0 Å². The molecule has 4 aromatic rings. The summed E-state index contributed by atoms with van der Waals surface area (Å²) >= 11 is 13.3. The van der Waals surface area contributed by atoms with Crippen molar-refractivity contribution >= 4 is 52.2 Å². The molecule has 1 atom stereocenters. The monoisotopic (exact) mass is 545 g/mol. The maximum Gasteiger partial charge on any atom is 0.433 e. The summed E-state index contributed by atoms with van der Waals surface area (Å²) in [5.41, 5.74) is 1.05. The van der Waals surface area contributed by atoms with Gasteiger partial charge in [-0.3, -0.25) is 19.5 Å². The maximum atomic E-state index is 14.3. The van der Waals surface area contributed by atoms with Crippen LogP contribution in [0.4, 0.5) is 10.3 Å². The topological polar surface area (TPSA) is 99.9 Å². The minimum absolute atomic E-state index is 0.121. The van der Waals surface area contributed by atoms with Gasteiger partial charge in [0.05, 0.1) is 39.5 Å². The van der Waals surface area contributed by atoms with E-state index in [4.69, 9.17) is 32.4 Å². The van der Waals surface area contributed by atoms with Crippen LogP contribution in [0.2, 0.25) is 10.0 Å². The lowest BCUT2D eigenvalue weighted by Gasteiger charge is -2.20. The predicted molar refractivity (Wildman–Crippen MR) is 134 cm³/mol. The van der Waals surface area contributed by atoms with Crippen LogP contribution in [-0.4, -0.2) is 16.6 Å². The van der Waals surface area contributed by atoms with Gasteiger partial charge in [-0.15, -0.1) is 0 Å². The zero-order valence-electron chi connectivity index (χ0n) is 18.3. The molecule has 0 N–H and O–H groups in total. The third-order valence-corrected chi connectivity index (χ3v) is 7.04. The van der Waals surface area contributed by atoms with Gasteiger partial charge in [-0.05, 0) is 42.0 Å². The van der Waals surface area contributed by atoms with Gasteiger partial charge in [0.15, 0.2) is 4.80 Å². The summed E-state index contributed by atoms with van der Waals surface area (Å²) in [6.45, 7) is 0. The molecule has 0 bridgehead atoms. The van der Waals surface area contributed by atoms with Crippen LogP contribution in [0.25, 0.3) is 11.8 Å². The third-order valence-electron chi connectivity index (χ3n) is 5.46. The summed E-state index contributed by atoms with van der Waals surface area (Å²) in [6, 6.07) is 11.6. The van der Waals surface area contributed by atoms with Crippen LogP contribution in [0, 0.1) is 15.9 Å². The van der Waals surface area contributed by atoms with Crippen molar-refractivity contribution in [1.29, 1.82) is 0 Å². The molecule has 0 amide bonds. The number of furan rings is 1. The van der Waals surface area contributed by atoms with E-state index in [1.165, 1.54) is 34.9 Å². The quantitative estimate of drug-likeness (QED) is 0.200. The zero-order chi connectivity index (χ0) is 25.6. The lowest BCUT2D eigenvalue weighted by atomic mass is 10.0. The summed E-state index contributed by atoms with van der Waals surface area (Å²) in [4.78, 5) is 28.6. The van der Waals surface area contributed by atoms with Crippen molar-refractivity contribution in [3.8, 4) is 5.75 Å². The number of benzene rings is 2. The SMILES string of the molecule is COc1ccc(C2C=C(c3cc(F)c(Cl)cc3Cl)N=c3s/c(=C\c4ccc([N+](=O)[O-])o4)c(=O)n32)cc1. The van der Waals surface area contributed by atoms with Crippen LogP contribution >= 0.6 is 34.5 Å². The Morgan fingerprint density at radius 2 is 1.94 bits per heavy atom. The number of thiazole rings is 1. The Labute approximate surface area is 216 Å². The highest BCUT2D eigenvalue weighted by Crippen LogP contribution is 2.34. The molecule has 1 aliphatic heterocycles. The second-order valence-corrected chi connectivity index (χ2v) is 9.45. The number of halogens is 3. The Hall–Kier alpha value is -3.73. The van der Waals surface area contributed by atoms with Crippen molar-refractivity contribution in [1.82, 2.24) is 4.57 Å².